The van der Waals surface area contributed by atoms with E-state index in [-0.39, 0.29) is 0 Å². The van der Waals surface area contributed by atoms with Crippen LogP contribution in [0.3, 0.4) is 0 Å². The van der Waals surface area contributed by atoms with Gasteiger partial charge < -0.3 is 5.32 Å². The summed E-state index contributed by atoms with van der Waals surface area (Å²) >= 11 is 0. The molecule has 112 valence electrons. The topological polar surface area (TPSA) is 96.0 Å². The predicted octanol–water partition coefficient (Wildman–Crippen LogP) is 2.81. The first-order valence-corrected chi connectivity index (χ1v) is 6.79. The highest BCUT2D eigenvalue weighted by molar-refractivity contribution is 5.96. The minimum atomic E-state index is 0.305. The van der Waals surface area contributed by atoms with Crippen molar-refractivity contribution < 1.29 is 0 Å². The normalized spacial score (nSPS) is 11.0. The molecule has 6 nitrogen and oxygen atoms in total. The molecule has 0 aliphatic heterocycles. The zero-order valence-electron chi connectivity index (χ0n) is 12.2. The van der Waals surface area contributed by atoms with Crippen molar-refractivity contribution in [2.45, 2.75) is 0 Å². The van der Waals surface area contributed by atoms with Crippen molar-refractivity contribution in [3.05, 3.63) is 72.6 Å². The van der Waals surface area contributed by atoms with E-state index < -0.39 is 0 Å². The van der Waals surface area contributed by atoms with E-state index in [9.17, 15) is 0 Å². The Bertz CT molecular complexity index is 766. The van der Waals surface area contributed by atoms with Crippen LogP contribution in [0.1, 0.15) is 0 Å². The van der Waals surface area contributed by atoms with E-state index in [1.165, 1.54) is 0 Å². The molecule has 2 rings (SSSR count). The van der Waals surface area contributed by atoms with Gasteiger partial charge in [0.2, 0.25) is 0 Å². The summed E-state index contributed by atoms with van der Waals surface area (Å²) in [5.41, 5.74) is 1.50. The summed E-state index contributed by atoms with van der Waals surface area (Å²) in [6, 6.07) is 18.6. The Balaban J connectivity index is 2.28. The second-order valence-corrected chi connectivity index (χ2v) is 4.36. The lowest BCUT2D eigenvalue weighted by Gasteiger charge is -2.09. The third-order valence-electron chi connectivity index (χ3n) is 2.71. The predicted molar refractivity (Wildman–Crippen MR) is 89.2 cm³/mol. The fraction of sp³-hybridized carbons (Fsp3) is 0. The van der Waals surface area contributed by atoms with Crippen LogP contribution in [0, 0.1) is 22.9 Å². The second kappa shape index (κ2) is 8.50. The van der Waals surface area contributed by atoms with Gasteiger partial charge >= 0.3 is 0 Å². The fourth-order valence-electron chi connectivity index (χ4n) is 1.77. The maximum absolute atomic E-state index is 8.88. The standard InChI is InChI=1S/C17H14N6/c18-12-20-16(22-14-7-3-1-4-8-14)11-17(21-13-19)23-15-9-5-2-6-10-15/h1-11,20,22H,(H,21,23)/b16-11+. The molecular formula is C17H14N6. The summed E-state index contributed by atoms with van der Waals surface area (Å²) in [5, 5.41) is 25.8. The molecule has 2 aromatic rings. The van der Waals surface area contributed by atoms with Crippen LogP contribution >= 0.6 is 0 Å². The van der Waals surface area contributed by atoms with Crippen molar-refractivity contribution in [2.24, 2.45) is 4.99 Å². The van der Waals surface area contributed by atoms with Crippen molar-refractivity contribution in [3.8, 4) is 12.4 Å². The van der Waals surface area contributed by atoms with Gasteiger partial charge in [-0.05, 0) is 24.3 Å². The van der Waals surface area contributed by atoms with Crippen molar-refractivity contribution >= 4 is 17.2 Å². The molecule has 0 spiro atoms. The number of nitrogens with zero attached hydrogens (tertiary/aromatic N) is 3. The average Bonchev–Trinajstić information content (AvgIpc) is 2.57. The lowest BCUT2D eigenvalue weighted by molar-refractivity contribution is 1.08. The van der Waals surface area contributed by atoms with Crippen molar-refractivity contribution in [3.63, 3.8) is 0 Å². The number of rotatable bonds is 5. The molecule has 0 aromatic heterocycles. The third kappa shape index (κ3) is 5.25. The summed E-state index contributed by atoms with van der Waals surface area (Å²) in [7, 11) is 0. The Labute approximate surface area is 134 Å². The first-order valence-electron chi connectivity index (χ1n) is 6.79. The Morgan fingerprint density at radius 2 is 1.48 bits per heavy atom. The zero-order valence-corrected chi connectivity index (χ0v) is 12.2. The number of nitriles is 2. The summed E-state index contributed by atoms with van der Waals surface area (Å²) in [5.74, 6) is 0.705. The van der Waals surface area contributed by atoms with Gasteiger partial charge in [0.15, 0.2) is 12.4 Å². The molecular weight excluding hydrogens is 288 g/mol. The number of hydrogen-bond donors (Lipinski definition) is 3. The van der Waals surface area contributed by atoms with Crippen LogP contribution < -0.4 is 16.0 Å². The van der Waals surface area contributed by atoms with E-state index in [1.54, 1.807) is 6.08 Å². The van der Waals surface area contributed by atoms with Gasteiger partial charge in [-0.1, -0.05) is 36.4 Å². The Hall–Kier alpha value is -3.77. The molecule has 23 heavy (non-hydrogen) atoms. The molecule has 0 radical (unpaired) electrons. The molecule has 0 amide bonds. The quantitative estimate of drug-likeness (QED) is 0.341. The number of para-hydroxylation sites is 2. The minimum Gasteiger partial charge on any atom is -0.341 e. The molecule has 0 bridgehead atoms. The van der Waals surface area contributed by atoms with Crippen molar-refractivity contribution in [1.82, 2.24) is 10.6 Å². The summed E-state index contributed by atoms with van der Waals surface area (Å²) in [6.07, 6.45) is 5.24. The lowest BCUT2D eigenvalue weighted by Crippen LogP contribution is -2.21. The van der Waals surface area contributed by atoms with Crippen LogP contribution in [-0.2, 0) is 0 Å². The number of hydrogen-bond acceptors (Lipinski definition) is 5. The average molecular weight is 302 g/mol. The molecule has 0 atom stereocenters. The number of amidine groups is 1. The third-order valence-corrected chi connectivity index (χ3v) is 2.71. The Morgan fingerprint density at radius 3 is 2.09 bits per heavy atom. The molecule has 0 saturated heterocycles. The van der Waals surface area contributed by atoms with Gasteiger partial charge in [0.25, 0.3) is 0 Å². The van der Waals surface area contributed by atoms with E-state index in [0.717, 1.165) is 5.69 Å². The molecule has 0 saturated carbocycles. The molecule has 0 aliphatic carbocycles. The number of benzene rings is 2. The molecule has 3 N–H and O–H groups in total. The van der Waals surface area contributed by atoms with Crippen LogP contribution in [0.2, 0.25) is 0 Å². The lowest BCUT2D eigenvalue weighted by atomic mass is 10.3. The first kappa shape index (κ1) is 15.6. The van der Waals surface area contributed by atoms with E-state index in [1.807, 2.05) is 73.0 Å². The molecule has 2 aromatic carbocycles. The van der Waals surface area contributed by atoms with Crippen molar-refractivity contribution in [1.29, 1.82) is 10.5 Å². The number of nitrogens with one attached hydrogen (secondary N) is 3. The van der Waals surface area contributed by atoms with Gasteiger partial charge in [0.1, 0.15) is 11.7 Å². The van der Waals surface area contributed by atoms with Crippen LogP contribution in [0.25, 0.3) is 0 Å². The van der Waals surface area contributed by atoms with Crippen LogP contribution in [0.15, 0.2) is 77.6 Å². The summed E-state index contributed by atoms with van der Waals surface area (Å²) < 4.78 is 0. The monoisotopic (exact) mass is 302 g/mol. The fourth-order valence-corrected chi connectivity index (χ4v) is 1.77. The number of anilines is 1. The van der Waals surface area contributed by atoms with E-state index >= 15 is 0 Å². The van der Waals surface area contributed by atoms with Crippen LogP contribution in [-0.4, -0.2) is 5.84 Å². The van der Waals surface area contributed by atoms with E-state index in [0.29, 0.717) is 17.3 Å². The van der Waals surface area contributed by atoms with E-state index in [4.69, 9.17) is 10.5 Å². The first-order chi connectivity index (χ1) is 11.3. The van der Waals surface area contributed by atoms with Gasteiger partial charge in [-0.2, -0.15) is 10.5 Å². The highest BCUT2D eigenvalue weighted by atomic mass is 15.1. The summed E-state index contributed by atoms with van der Waals surface area (Å²) in [6.45, 7) is 0. The Morgan fingerprint density at radius 1 is 0.870 bits per heavy atom. The highest BCUT2D eigenvalue weighted by Crippen LogP contribution is 2.11. The molecule has 0 unspecified atom stereocenters. The molecule has 0 aliphatic rings. The molecule has 0 heterocycles. The highest BCUT2D eigenvalue weighted by Gasteiger charge is 2.01. The van der Waals surface area contributed by atoms with Gasteiger partial charge in [-0.25, -0.2) is 4.99 Å². The Kier molecular flexibility index (Phi) is 5.77. The minimum absolute atomic E-state index is 0.305. The second-order valence-electron chi connectivity index (χ2n) is 4.36. The maximum atomic E-state index is 8.88. The van der Waals surface area contributed by atoms with Crippen LogP contribution in [0.4, 0.5) is 11.4 Å². The van der Waals surface area contributed by atoms with Gasteiger partial charge in [-0.3, -0.25) is 10.6 Å². The maximum Gasteiger partial charge on any atom is 0.182 e. The van der Waals surface area contributed by atoms with Crippen molar-refractivity contribution in [2.75, 3.05) is 5.32 Å². The van der Waals surface area contributed by atoms with Crippen LogP contribution in [0.5, 0.6) is 0 Å². The number of aliphatic imine (C=N–C) groups is 1. The van der Waals surface area contributed by atoms with Gasteiger partial charge in [0.05, 0.1) is 5.69 Å². The van der Waals surface area contributed by atoms with Gasteiger partial charge in [0, 0.05) is 11.8 Å². The van der Waals surface area contributed by atoms with Gasteiger partial charge in [-0.15, -0.1) is 0 Å². The zero-order chi connectivity index (χ0) is 16.3. The SMILES string of the molecule is N#CNC(/C=C(\NC#N)Nc1ccccc1)=Nc1ccccc1. The summed E-state index contributed by atoms with van der Waals surface area (Å²) in [4.78, 5) is 4.33. The van der Waals surface area contributed by atoms with E-state index in [2.05, 4.69) is 20.9 Å². The smallest absolute Gasteiger partial charge is 0.182 e. The largest absolute Gasteiger partial charge is 0.341 e. The molecule has 0 fully saturated rings. The molecule has 6 heteroatoms.